The van der Waals surface area contributed by atoms with E-state index in [2.05, 4.69) is 13.8 Å². The molecule has 1 fully saturated rings. The lowest BCUT2D eigenvalue weighted by atomic mass is 9.92. The molecular formula is C20H26ClNO5. The van der Waals surface area contributed by atoms with E-state index in [1.807, 2.05) is 0 Å². The van der Waals surface area contributed by atoms with Crippen LogP contribution in [0.25, 0.3) is 6.08 Å². The topological polar surface area (TPSA) is 65.1 Å². The fraction of sp³-hybridized carbons (Fsp3) is 0.500. The first-order chi connectivity index (χ1) is 12.8. The molecule has 1 aliphatic heterocycles. The quantitative estimate of drug-likeness (QED) is 0.545. The van der Waals surface area contributed by atoms with Gasteiger partial charge < -0.3 is 19.1 Å². The van der Waals surface area contributed by atoms with Gasteiger partial charge in [0.15, 0.2) is 18.1 Å². The number of piperidine rings is 1. The summed E-state index contributed by atoms with van der Waals surface area (Å²) in [5, 5.41) is 0.369. The number of rotatable bonds is 6. The highest BCUT2D eigenvalue weighted by Crippen LogP contribution is 2.36. The van der Waals surface area contributed by atoms with Crippen LogP contribution in [0.3, 0.4) is 0 Å². The molecule has 1 heterocycles. The highest BCUT2D eigenvalue weighted by Gasteiger charge is 2.25. The summed E-state index contributed by atoms with van der Waals surface area (Å²) in [4.78, 5) is 25.9. The average Bonchev–Trinajstić information content (AvgIpc) is 2.62. The van der Waals surface area contributed by atoms with E-state index >= 15 is 0 Å². The number of hydrogen-bond acceptors (Lipinski definition) is 5. The van der Waals surface area contributed by atoms with Crippen molar-refractivity contribution in [3.63, 3.8) is 0 Å². The summed E-state index contributed by atoms with van der Waals surface area (Å²) in [5.74, 6) is 1.05. The van der Waals surface area contributed by atoms with Crippen LogP contribution in [-0.4, -0.2) is 50.7 Å². The Hall–Kier alpha value is -2.21. The van der Waals surface area contributed by atoms with Gasteiger partial charge in [0.05, 0.1) is 19.2 Å². The van der Waals surface area contributed by atoms with E-state index in [1.165, 1.54) is 20.3 Å². The lowest BCUT2D eigenvalue weighted by molar-refractivity contribution is -0.149. The van der Waals surface area contributed by atoms with Crippen LogP contribution in [0.15, 0.2) is 18.2 Å². The van der Waals surface area contributed by atoms with Crippen molar-refractivity contribution >= 4 is 29.6 Å². The molecular weight excluding hydrogens is 370 g/mol. The number of halogens is 1. The smallest absolute Gasteiger partial charge is 0.331 e. The SMILES string of the molecule is COc1cc(/C=C/C(=O)OCC(=O)N2C[C@H](C)C[C@@H](C)C2)cc(Cl)c1OC. The normalized spacial score (nSPS) is 19.8. The third-order valence-corrected chi connectivity index (χ3v) is 4.71. The molecule has 0 radical (unpaired) electrons. The second-order valence-electron chi connectivity index (χ2n) is 6.92. The fourth-order valence-electron chi connectivity index (χ4n) is 3.34. The Balaban J connectivity index is 1.92. The van der Waals surface area contributed by atoms with E-state index in [1.54, 1.807) is 23.1 Å². The van der Waals surface area contributed by atoms with Crippen molar-refractivity contribution < 1.29 is 23.8 Å². The number of amides is 1. The summed E-state index contributed by atoms with van der Waals surface area (Å²) < 4.78 is 15.5. The van der Waals surface area contributed by atoms with Gasteiger partial charge in [0.1, 0.15) is 0 Å². The number of esters is 1. The highest BCUT2D eigenvalue weighted by molar-refractivity contribution is 6.32. The second kappa shape index (κ2) is 9.65. The third kappa shape index (κ3) is 5.89. The minimum Gasteiger partial charge on any atom is -0.493 e. The summed E-state index contributed by atoms with van der Waals surface area (Å²) in [6.07, 6.45) is 3.91. The van der Waals surface area contributed by atoms with Gasteiger partial charge in [-0.15, -0.1) is 0 Å². The molecule has 1 amide bonds. The Morgan fingerprint density at radius 3 is 2.44 bits per heavy atom. The summed E-state index contributed by atoms with van der Waals surface area (Å²) in [6, 6.07) is 3.34. The van der Waals surface area contributed by atoms with Crippen molar-refractivity contribution in [1.29, 1.82) is 0 Å². The van der Waals surface area contributed by atoms with Crippen molar-refractivity contribution in [3.05, 3.63) is 28.8 Å². The molecule has 0 unspecified atom stereocenters. The van der Waals surface area contributed by atoms with Crippen LogP contribution in [-0.2, 0) is 14.3 Å². The summed E-state index contributed by atoms with van der Waals surface area (Å²) >= 11 is 6.14. The minimum absolute atomic E-state index is 0.163. The Labute approximate surface area is 165 Å². The summed E-state index contributed by atoms with van der Waals surface area (Å²) in [6.45, 7) is 5.41. The predicted octanol–water partition coefficient (Wildman–Crippen LogP) is 3.42. The molecule has 0 aromatic heterocycles. The molecule has 0 bridgehead atoms. The van der Waals surface area contributed by atoms with Gasteiger partial charge in [0.2, 0.25) is 0 Å². The van der Waals surface area contributed by atoms with Crippen molar-refractivity contribution in [2.24, 2.45) is 11.8 Å². The monoisotopic (exact) mass is 395 g/mol. The molecule has 7 heteroatoms. The Kier molecular flexibility index (Phi) is 7.54. The minimum atomic E-state index is -0.590. The van der Waals surface area contributed by atoms with Gasteiger partial charge in [-0.1, -0.05) is 25.4 Å². The number of methoxy groups -OCH3 is 2. The van der Waals surface area contributed by atoms with Crippen LogP contribution in [0.1, 0.15) is 25.8 Å². The molecule has 1 aromatic carbocycles. The Morgan fingerprint density at radius 2 is 1.85 bits per heavy atom. The number of carbonyl (C=O) groups excluding carboxylic acids is 2. The molecule has 0 aliphatic carbocycles. The van der Waals surface area contributed by atoms with Crippen LogP contribution in [0.5, 0.6) is 11.5 Å². The zero-order valence-electron chi connectivity index (χ0n) is 16.2. The van der Waals surface area contributed by atoms with Gasteiger partial charge in [-0.05, 0) is 42.0 Å². The molecule has 6 nitrogen and oxygen atoms in total. The third-order valence-electron chi connectivity index (χ3n) is 4.43. The number of likely N-dealkylation sites (tertiary alicyclic amines) is 1. The van der Waals surface area contributed by atoms with E-state index < -0.39 is 5.97 Å². The van der Waals surface area contributed by atoms with E-state index in [9.17, 15) is 9.59 Å². The van der Waals surface area contributed by atoms with Crippen LogP contribution in [0, 0.1) is 11.8 Å². The summed E-state index contributed by atoms with van der Waals surface area (Å²) in [5.41, 5.74) is 0.652. The largest absolute Gasteiger partial charge is 0.493 e. The average molecular weight is 396 g/mol. The molecule has 1 saturated heterocycles. The molecule has 1 aliphatic rings. The zero-order valence-corrected chi connectivity index (χ0v) is 16.9. The molecule has 1 aromatic rings. The van der Waals surface area contributed by atoms with Crippen LogP contribution < -0.4 is 9.47 Å². The van der Waals surface area contributed by atoms with Crippen LogP contribution in [0.2, 0.25) is 5.02 Å². The first kappa shape index (κ1) is 21.1. The maximum Gasteiger partial charge on any atom is 0.331 e. The molecule has 27 heavy (non-hydrogen) atoms. The van der Waals surface area contributed by atoms with Gasteiger partial charge in [0.25, 0.3) is 5.91 Å². The lowest BCUT2D eigenvalue weighted by Crippen LogP contribution is -2.44. The summed E-state index contributed by atoms with van der Waals surface area (Å²) in [7, 11) is 3.00. The van der Waals surface area contributed by atoms with Crippen molar-refractivity contribution in [1.82, 2.24) is 4.90 Å². The number of benzene rings is 1. The standard InChI is InChI=1S/C20H26ClNO5/c1-13-7-14(2)11-22(10-13)18(23)12-27-19(24)6-5-15-8-16(21)20(26-4)17(9-15)25-3/h5-6,8-9,13-14H,7,10-12H2,1-4H3/b6-5+/t13-,14-/m1/s1. The number of carbonyl (C=O) groups is 2. The molecule has 148 valence electrons. The molecule has 0 N–H and O–H groups in total. The van der Waals surface area contributed by atoms with E-state index in [0.29, 0.717) is 47.0 Å². The first-order valence-corrected chi connectivity index (χ1v) is 9.26. The zero-order chi connectivity index (χ0) is 20.0. The van der Waals surface area contributed by atoms with Crippen LogP contribution >= 0.6 is 11.6 Å². The lowest BCUT2D eigenvalue weighted by Gasteiger charge is -2.34. The van der Waals surface area contributed by atoms with E-state index in [-0.39, 0.29) is 12.5 Å². The number of hydrogen-bond donors (Lipinski definition) is 0. The maximum absolute atomic E-state index is 12.2. The Morgan fingerprint density at radius 1 is 1.19 bits per heavy atom. The Bertz CT molecular complexity index is 709. The van der Waals surface area contributed by atoms with Gasteiger partial charge in [0, 0.05) is 19.2 Å². The highest BCUT2D eigenvalue weighted by atomic mass is 35.5. The van der Waals surface area contributed by atoms with Gasteiger partial charge in [-0.3, -0.25) is 4.79 Å². The maximum atomic E-state index is 12.2. The van der Waals surface area contributed by atoms with Crippen molar-refractivity contribution in [2.45, 2.75) is 20.3 Å². The molecule has 0 saturated carbocycles. The van der Waals surface area contributed by atoms with Gasteiger partial charge >= 0.3 is 5.97 Å². The van der Waals surface area contributed by atoms with E-state index in [0.717, 1.165) is 6.42 Å². The fourth-order valence-corrected chi connectivity index (χ4v) is 3.63. The molecule has 2 rings (SSSR count). The first-order valence-electron chi connectivity index (χ1n) is 8.88. The van der Waals surface area contributed by atoms with Crippen molar-refractivity contribution in [3.8, 4) is 11.5 Å². The van der Waals surface area contributed by atoms with E-state index in [4.69, 9.17) is 25.8 Å². The number of nitrogens with zero attached hydrogens (tertiary/aromatic N) is 1. The van der Waals surface area contributed by atoms with Crippen molar-refractivity contribution in [2.75, 3.05) is 33.9 Å². The van der Waals surface area contributed by atoms with Crippen LogP contribution in [0.4, 0.5) is 0 Å². The molecule has 0 spiro atoms. The second-order valence-corrected chi connectivity index (χ2v) is 7.33. The molecule has 2 atom stereocenters. The van der Waals surface area contributed by atoms with Gasteiger partial charge in [-0.2, -0.15) is 0 Å². The number of ether oxygens (including phenoxy) is 3. The van der Waals surface area contributed by atoms with Gasteiger partial charge in [-0.25, -0.2) is 4.79 Å². The predicted molar refractivity (Wildman–Crippen MR) is 104 cm³/mol.